The first-order valence-electron chi connectivity index (χ1n) is 11.9. The van der Waals surface area contributed by atoms with Gasteiger partial charge >= 0.3 is 0 Å². The van der Waals surface area contributed by atoms with Crippen LogP contribution in [0.1, 0.15) is 28.5 Å². The number of methoxy groups -OCH3 is 1. The van der Waals surface area contributed by atoms with Gasteiger partial charge in [-0.15, -0.1) is 5.10 Å². The second kappa shape index (κ2) is 11.4. The molecule has 40 heavy (non-hydrogen) atoms. The molecule has 0 radical (unpaired) electrons. The smallest absolute Gasteiger partial charge is 0.292 e. The molecule has 5 rings (SSSR count). The minimum absolute atomic E-state index is 0.0153. The Morgan fingerprint density at radius 1 is 1.07 bits per heavy atom. The van der Waals surface area contributed by atoms with Crippen molar-refractivity contribution in [3.05, 3.63) is 95.4 Å². The molecule has 2 heterocycles. The van der Waals surface area contributed by atoms with Crippen LogP contribution in [0.5, 0.6) is 11.5 Å². The number of hydrogen-bond donors (Lipinski definition) is 2. The summed E-state index contributed by atoms with van der Waals surface area (Å²) in [6, 6.07) is 20.3. The Bertz CT molecular complexity index is 1670. The van der Waals surface area contributed by atoms with Crippen molar-refractivity contribution in [1.29, 1.82) is 0 Å². The SMILES string of the molecule is COc1cc(C(C)=NNC(=O)c2c(-c3ccccc3)nnn2-c2nonc2N)ccc1OCc1ccc(F)cc1. The number of nitrogens with two attached hydrogens (primary N) is 1. The van der Waals surface area contributed by atoms with Crippen molar-refractivity contribution in [2.75, 3.05) is 12.8 Å². The Labute approximate surface area is 227 Å². The fourth-order valence-electron chi connectivity index (χ4n) is 3.77. The van der Waals surface area contributed by atoms with Crippen LogP contribution >= 0.6 is 0 Å². The lowest BCUT2D eigenvalue weighted by atomic mass is 10.1. The topological polar surface area (TPSA) is 156 Å². The van der Waals surface area contributed by atoms with Crippen LogP contribution in [0.3, 0.4) is 0 Å². The number of nitrogen functional groups attached to an aromatic ring is 1. The van der Waals surface area contributed by atoms with E-state index in [-0.39, 0.29) is 35.4 Å². The first kappa shape index (κ1) is 26.0. The summed E-state index contributed by atoms with van der Waals surface area (Å²) in [4.78, 5) is 13.4. The highest BCUT2D eigenvalue weighted by molar-refractivity contribution is 6.02. The zero-order valence-electron chi connectivity index (χ0n) is 21.4. The molecule has 12 nitrogen and oxygen atoms in total. The summed E-state index contributed by atoms with van der Waals surface area (Å²) in [5, 5.41) is 19.8. The van der Waals surface area contributed by atoms with Crippen molar-refractivity contribution < 1.29 is 23.3 Å². The number of nitrogens with zero attached hydrogens (tertiary/aromatic N) is 6. The number of aromatic nitrogens is 5. The van der Waals surface area contributed by atoms with Crippen LogP contribution < -0.4 is 20.6 Å². The van der Waals surface area contributed by atoms with E-state index in [1.807, 2.05) is 18.2 Å². The summed E-state index contributed by atoms with van der Waals surface area (Å²) in [5.41, 5.74) is 11.3. The summed E-state index contributed by atoms with van der Waals surface area (Å²) in [6.45, 7) is 1.96. The monoisotopic (exact) mass is 542 g/mol. The number of halogens is 1. The van der Waals surface area contributed by atoms with Gasteiger partial charge in [-0.3, -0.25) is 4.79 Å². The van der Waals surface area contributed by atoms with Crippen LogP contribution in [0.15, 0.2) is 82.5 Å². The standard InChI is InChI=1S/C27H23FN8O4/c1-16(19-10-13-21(22(14-19)38-2)39-15-17-8-11-20(28)12-9-17)30-32-27(37)24-23(18-6-4-3-5-7-18)31-35-36(24)26-25(29)33-40-34-26/h3-14H,15H2,1-2H3,(H2,29,33)(H,32,37). The molecule has 0 aliphatic carbocycles. The molecule has 3 N–H and O–H groups in total. The highest BCUT2D eigenvalue weighted by atomic mass is 19.1. The molecule has 5 aromatic rings. The number of amides is 1. The first-order chi connectivity index (χ1) is 19.4. The van der Waals surface area contributed by atoms with Crippen LogP contribution in [0.2, 0.25) is 0 Å². The largest absolute Gasteiger partial charge is 0.493 e. The highest BCUT2D eigenvalue weighted by Gasteiger charge is 2.26. The van der Waals surface area contributed by atoms with E-state index in [0.717, 1.165) is 10.2 Å². The van der Waals surface area contributed by atoms with Crippen molar-refractivity contribution in [2.45, 2.75) is 13.5 Å². The maximum atomic E-state index is 13.4. The molecule has 3 aromatic carbocycles. The minimum Gasteiger partial charge on any atom is -0.493 e. The van der Waals surface area contributed by atoms with Gasteiger partial charge in [-0.25, -0.2) is 14.4 Å². The van der Waals surface area contributed by atoms with Crippen LogP contribution in [-0.4, -0.2) is 44.0 Å². The van der Waals surface area contributed by atoms with E-state index in [4.69, 9.17) is 15.2 Å². The van der Waals surface area contributed by atoms with Crippen molar-refractivity contribution in [3.8, 4) is 28.6 Å². The number of carbonyl (C=O) groups is 1. The fraction of sp³-hybridized carbons (Fsp3) is 0.111. The van der Waals surface area contributed by atoms with E-state index in [0.29, 0.717) is 28.3 Å². The second-order valence-corrected chi connectivity index (χ2v) is 8.46. The molecule has 13 heteroatoms. The molecule has 2 aromatic heterocycles. The van der Waals surface area contributed by atoms with Gasteiger partial charge in [0, 0.05) is 11.1 Å². The zero-order chi connectivity index (χ0) is 28.1. The molecule has 0 aliphatic heterocycles. The molecular formula is C27H23FN8O4. The average molecular weight is 543 g/mol. The van der Waals surface area contributed by atoms with Crippen molar-refractivity contribution in [2.24, 2.45) is 5.10 Å². The van der Waals surface area contributed by atoms with E-state index < -0.39 is 5.91 Å². The molecule has 0 bridgehead atoms. The summed E-state index contributed by atoms with van der Waals surface area (Å²) in [5.74, 6) is -0.0222. The molecular weight excluding hydrogens is 519 g/mol. The summed E-state index contributed by atoms with van der Waals surface area (Å²) in [6.07, 6.45) is 0. The Morgan fingerprint density at radius 2 is 1.85 bits per heavy atom. The Kier molecular flexibility index (Phi) is 7.44. The van der Waals surface area contributed by atoms with E-state index in [1.54, 1.807) is 49.4 Å². The van der Waals surface area contributed by atoms with Crippen molar-refractivity contribution >= 4 is 17.4 Å². The highest BCUT2D eigenvalue weighted by Crippen LogP contribution is 2.29. The third kappa shape index (κ3) is 5.48. The van der Waals surface area contributed by atoms with Gasteiger partial charge in [0.2, 0.25) is 11.6 Å². The van der Waals surface area contributed by atoms with Gasteiger partial charge in [0.15, 0.2) is 17.2 Å². The van der Waals surface area contributed by atoms with Crippen LogP contribution in [-0.2, 0) is 6.61 Å². The van der Waals surface area contributed by atoms with Gasteiger partial charge in [0.25, 0.3) is 5.91 Å². The van der Waals surface area contributed by atoms with Gasteiger partial charge < -0.3 is 15.2 Å². The summed E-state index contributed by atoms with van der Waals surface area (Å²) >= 11 is 0. The number of ether oxygens (including phenoxy) is 2. The van der Waals surface area contributed by atoms with E-state index in [9.17, 15) is 9.18 Å². The molecule has 202 valence electrons. The quantitative estimate of drug-likeness (QED) is 0.209. The Balaban J connectivity index is 1.37. The third-order valence-electron chi connectivity index (χ3n) is 5.84. The average Bonchev–Trinajstić information content (AvgIpc) is 3.61. The fourth-order valence-corrected chi connectivity index (χ4v) is 3.77. The van der Waals surface area contributed by atoms with Gasteiger partial charge in [-0.1, -0.05) is 47.7 Å². The van der Waals surface area contributed by atoms with Crippen molar-refractivity contribution in [1.82, 2.24) is 30.7 Å². The maximum Gasteiger partial charge on any atom is 0.292 e. The van der Waals surface area contributed by atoms with E-state index in [1.165, 1.54) is 19.2 Å². The summed E-state index contributed by atoms with van der Waals surface area (Å²) < 4.78 is 30.3. The number of hydrogen-bond acceptors (Lipinski definition) is 10. The minimum atomic E-state index is -0.614. The van der Waals surface area contributed by atoms with Crippen LogP contribution in [0, 0.1) is 5.82 Å². The lowest BCUT2D eigenvalue weighted by Crippen LogP contribution is -2.23. The predicted octanol–water partition coefficient (Wildman–Crippen LogP) is 3.78. The number of benzene rings is 3. The molecule has 0 atom stereocenters. The maximum absolute atomic E-state index is 13.4. The van der Waals surface area contributed by atoms with Gasteiger partial charge in [0.1, 0.15) is 18.1 Å². The predicted molar refractivity (Wildman–Crippen MR) is 142 cm³/mol. The number of nitrogens with one attached hydrogen (secondary N) is 1. The zero-order valence-corrected chi connectivity index (χ0v) is 21.4. The Hall–Kier alpha value is -5.59. The number of hydrazone groups is 1. The molecule has 0 saturated carbocycles. The normalized spacial score (nSPS) is 11.3. The lowest BCUT2D eigenvalue weighted by molar-refractivity contribution is 0.0947. The molecule has 0 aliphatic rings. The first-order valence-corrected chi connectivity index (χ1v) is 11.9. The van der Waals surface area contributed by atoms with Gasteiger partial charge in [-0.05, 0) is 53.1 Å². The summed E-state index contributed by atoms with van der Waals surface area (Å²) in [7, 11) is 1.52. The second-order valence-electron chi connectivity index (χ2n) is 8.46. The number of rotatable bonds is 9. The van der Waals surface area contributed by atoms with Crippen LogP contribution in [0.4, 0.5) is 10.2 Å². The molecule has 0 unspecified atom stereocenters. The van der Waals surface area contributed by atoms with Crippen molar-refractivity contribution in [3.63, 3.8) is 0 Å². The molecule has 1 amide bonds. The molecule has 0 saturated heterocycles. The van der Waals surface area contributed by atoms with Gasteiger partial charge in [0.05, 0.1) is 12.8 Å². The van der Waals surface area contributed by atoms with Crippen LogP contribution in [0.25, 0.3) is 17.1 Å². The van der Waals surface area contributed by atoms with E-state index >= 15 is 0 Å². The molecule has 0 spiro atoms. The lowest BCUT2D eigenvalue weighted by Gasteiger charge is -2.12. The Morgan fingerprint density at radius 3 is 2.55 bits per heavy atom. The van der Waals surface area contributed by atoms with E-state index in [2.05, 4.69) is 35.8 Å². The molecule has 0 fully saturated rings. The van der Waals surface area contributed by atoms with Gasteiger partial charge in [-0.2, -0.15) is 9.78 Å². The number of carbonyl (C=O) groups excluding carboxylic acids is 1. The number of anilines is 1. The third-order valence-corrected chi connectivity index (χ3v) is 5.84.